The second kappa shape index (κ2) is 6.51. The van der Waals surface area contributed by atoms with Gasteiger partial charge in [0.1, 0.15) is 6.54 Å². The first-order valence-corrected chi connectivity index (χ1v) is 6.92. The third-order valence-electron chi connectivity index (χ3n) is 3.77. The highest BCUT2D eigenvalue weighted by molar-refractivity contribution is 5.92. The van der Waals surface area contributed by atoms with Gasteiger partial charge >= 0.3 is 0 Å². The van der Waals surface area contributed by atoms with Crippen LogP contribution < -0.4 is 16.8 Å². The summed E-state index contributed by atoms with van der Waals surface area (Å²) < 4.78 is 1.40. The van der Waals surface area contributed by atoms with E-state index < -0.39 is 5.91 Å². The summed E-state index contributed by atoms with van der Waals surface area (Å²) in [7, 11) is 0. The van der Waals surface area contributed by atoms with Crippen LogP contribution in [0, 0.1) is 11.8 Å². The first-order valence-electron chi connectivity index (χ1n) is 6.92. The van der Waals surface area contributed by atoms with Crippen molar-refractivity contribution in [3.05, 3.63) is 12.4 Å². The summed E-state index contributed by atoms with van der Waals surface area (Å²) in [5, 5.41) is 6.81. The molecule has 1 aromatic rings. The summed E-state index contributed by atoms with van der Waals surface area (Å²) in [6.45, 7) is 0.545. The fourth-order valence-electron chi connectivity index (χ4n) is 2.74. The van der Waals surface area contributed by atoms with Gasteiger partial charge in [-0.05, 0) is 25.3 Å². The van der Waals surface area contributed by atoms with E-state index in [0.29, 0.717) is 12.2 Å². The third-order valence-corrected chi connectivity index (χ3v) is 3.77. The molecule has 20 heavy (non-hydrogen) atoms. The Morgan fingerprint density at radius 2 is 2.15 bits per heavy atom. The normalized spacial score (nSPS) is 22.4. The predicted octanol–water partition coefficient (Wildman–Crippen LogP) is 0.0720. The smallest absolute Gasteiger partial charge is 0.239 e. The zero-order valence-electron chi connectivity index (χ0n) is 11.4. The van der Waals surface area contributed by atoms with Crippen molar-refractivity contribution >= 4 is 17.5 Å². The number of hydrogen-bond acceptors (Lipinski definition) is 4. The molecule has 1 saturated carbocycles. The van der Waals surface area contributed by atoms with Crippen LogP contribution in [-0.2, 0) is 16.1 Å². The second-order valence-electron chi connectivity index (χ2n) is 5.27. The van der Waals surface area contributed by atoms with Gasteiger partial charge in [-0.2, -0.15) is 5.10 Å². The number of nitrogens with two attached hydrogens (primary N) is 2. The Balaban J connectivity index is 1.96. The van der Waals surface area contributed by atoms with Gasteiger partial charge in [-0.25, -0.2) is 0 Å². The number of carbonyl (C=O) groups is 2. The molecular weight excluding hydrogens is 258 g/mol. The molecule has 2 rings (SSSR count). The fraction of sp³-hybridized carbons (Fsp3) is 0.615. The Bertz CT molecular complexity index is 485. The number of anilines is 1. The lowest BCUT2D eigenvalue weighted by Crippen LogP contribution is -2.35. The van der Waals surface area contributed by atoms with Crippen molar-refractivity contribution in [2.24, 2.45) is 23.3 Å². The molecule has 1 aliphatic carbocycles. The Morgan fingerprint density at radius 1 is 1.40 bits per heavy atom. The van der Waals surface area contributed by atoms with Gasteiger partial charge in [-0.1, -0.05) is 12.8 Å². The van der Waals surface area contributed by atoms with E-state index in [1.807, 2.05) is 0 Å². The van der Waals surface area contributed by atoms with Crippen LogP contribution in [0.4, 0.5) is 5.69 Å². The van der Waals surface area contributed by atoms with E-state index in [0.717, 1.165) is 25.7 Å². The van der Waals surface area contributed by atoms with Crippen molar-refractivity contribution < 1.29 is 9.59 Å². The van der Waals surface area contributed by atoms with Crippen molar-refractivity contribution in [1.29, 1.82) is 0 Å². The lowest BCUT2D eigenvalue weighted by Gasteiger charge is -2.29. The monoisotopic (exact) mass is 279 g/mol. The number of aromatic nitrogens is 2. The van der Waals surface area contributed by atoms with Crippen LogP contribution in [0.2, 0.25) is 0 Å². The number of nitrogens with one attached hydrogen (secondary N) is 1. The van der Waals surface area contributed by atoms with E-state index in [1.54, 1.807) is 6.20 Å². The van der Waals surface area contributed by atoms with Crippen molar-refractivity contribution in [3.63, 3.8) is 0 Å². The maximum Gasteiger partial charge on any atom is 0.239 e. The minimum atomic E-state index is -0.471. The molecule has 7 heteroatoms. The molecular formula is C13H21N5O2. The summed E-state index contributed by atoms with van der Waals surface area (Å²) in [4.78, 5) is 23.1. The van der Waals surface area contributed by atoms with Crippen LogP contribution in [0.15, 0.2) is 12.4 Å². The number of amides is 2. The molecule has 7 nitrogen and oxygen atoms in total. The van der Waals surface area contributed by atoms with Gasteiger partial charge in [-0.15, -0.1) is 0 Å². The van der Waals surface area contributed by atoms with Gasteiger partial charge in [-0.3, -0.25) is 14.3 Å². The molecule has 2 unspecified atom stereocenters. The van der Waals surface area contributed by atoms with Crippen LogP contribution in [0.1, 0.15) is 25.7 Å². The van der Waals surface area contributed by atoms with Crippen molar-refractivity contribution in [3.8, 4) is 0 Å². The van der Waals surface area contributed by atoms with E-state index in [-0.39, 0.29) is 24.3 Å². The maximum absolute atomic E-state index is 12.3. The highest BCUT2D eigenvalue weighted by atomic mass is 16.2. The average Bonchev–Trinajstić information content (AvgIpc) is 2.85. The zero-order chi connectivity index (χ0) is 14.5. The fourth-order valence-corrected chi connectivity index (χ4v) is 2.74. The molecule has 0 spiro atoms. The summed E-state index contributed by atoms with van der Waals surface area (Å²) in [6.07, 6.45) is 7.21. The Labute approximate surface area is 117 Å². The first-order chi connectivity index (χ1) is 9.60. The molecule has 110 valence electrons. The number of nitrogens with zero attached hydrogens (tertiary/aromatic N) is 2. The number of hydrogen-bond donors (Lipinski definition) is 3. The highest BCUT2D eigenvalue weighted by Gasteiger charge is 2.30. The van der Waals surface area contributed by atoms with Crippen molar-refractivity contribution in [1.82, 2.24) is 9.78 Å². The quantitative estimate of drug-likeness (QED) is 0.707. The molecule has 1 fully saturated rings. The molecule has 0 radical (unpaired) electrons. The molecule has 0 saturated heterocycles. The summed E-state index contributed by atoms with van der Waals surface area (Å²) >= 11 is 0. The number of carbonyl (C=O) groups excluding carboxylic acids is 2. The van der Waals surface area contributed by atoms with Crippen LogP contribution in [0.25, 0.3) is 0 Å². The van der Waals surface area contributed by atoms with Crippen molar-refractivity contribution in [2.45, 2.75) is 32.2 Å². The SMILES string of the molecule is NCC1CCCCC1C(=O)Nc1cnn(CC(N)=O)c1. The molecule has 2 atom stereocenters. The van der Waals surface area contributed by atoms with Gasteiger partial charge in [0, 0.05) is 12.1 Å². The molecule has 0 aromatic carbocycles. The number of rotatable bonds is 5. The van der Waals surface area contributed by atoms with Gasteiger partial charge in [0.2, 0.25) is 11.8 Å². The van der Waals surface area contributed by atoms with Crippen molar-refractivity contribution in [2.75, 3.05) is 11.9 Å². The topological polar surface area (TPSA) is 116 Å². The molecule has 0 bridgehead atoms. The molecule has 0 aliphatic heterocycles. The molecule has 1 aliphatic rings. The summed E-state index contributed by atoms with van der Waals surface area (Å²) in [6, 6.07) is 0. The Morgan fingerprint density at radius 3 is 2.85 bits per heavy atom. The van der Waals surface area contributed by atoms with Crippen LogP contribution in [-0.4, -0.2) is 28.1 Å². The molecule has 1 heterocycles. The lowest BCUT2D eigenvalue weighted by molar-refractivity contribution is -0.122. The van der Waals surface area contributed by atoms with Gasteiger partial charge < -0.3 is 16.8 Å². The van der Waals surface area contributed by atoms with Crippen LogP contribution in [0.3, 0.4) is 0 Å². The minimum absolute atomic E-state index is 0.00469. The minimum Gasteiger partial charge on any atom is -0.368 e. The Hall–Kier alpha value is -1.89. The molecule has 5 N–H and O–H groups in total. The van der Waals surface area contributed by atoms with Gasteiger partial charge in [0.05, 0.1) is 11.9 Å². The van der Waals surface area contributed by atoms with E-state index in [4.69, 9.17) is 11.5 Å². The molecule has 1 aromatic heterocycles. The largest absolute Gasteiger partial charge is 0.368 e. The van der Waals surface area contributed by atoms with E-state index >= 15 is 0 Å². The predicted molar refractivity (Wildman–Crippen MR) is 74.6 cm³/mol. The first kappa shape index (κ1) is 14.5. The highest BCUT2D eigenvalue weighted by Crippen LogP contribution is 2.30. The summed E-state index contributed by atoms with van der Waals surface area (Å²) in [5.74, 6) is -0.266. The van der Waals surface area contributed by atoms with Gasteiger partial charge in [0.25, 0.3) is 0 Å². The lowest BCUT2D eigenvalue weighted by atomic mass is 9.79. The Kier molecular flexibility index (Phi) is 4.73. The van der Waals surface area contributed by atoms with Gasteiger partial charge in [0.15, 0.2) is 0 Å². The van der Waals surface area contributed by atoms with E-state index in [9.17, 15) is 9.59 Å². The maximum atomic E-state index is 12.3. The standard InChI is InChI=1S/C13H21N5O2/c14-5-9-3-1-2-4-11(9)13(20)17-10-6-16-18(7-10)8-12(15)19/h6-7,9,11H,1-5,8,14H2,(H2,15,19)(H,17,20). The van der Waals surface area contributed by atoms with E-state index in [1.165, 1.54) is 10.9 Å². The van der Waals surface area contributed by atoms with Crippen LogP contribution in [0.5, 0.6) is 0 Å². The summed E-state index contributed by atoms with van der Waals surface area (Å²) in [5.41, 5.74) is 11.4. The average molecular weight is 279 g/mol. The van der Waals surface area contributed by atoms with Crippen LogP contribution >= 0.6 is 0 Å². The third kappa shape index (κ3) is 3.57. The molecule has 2 amide bonds. The van der Waals surface area contributed by atoms with E-state index in [2.05, 4.69) is 10.4 Å². The zero-order valence-corrected chi connectivity index (χ0v) is 11.4. The number of primary amides is 1. The second-order valence-corrected chi connectivity index (χ2v) is 5.27.